The van der Waals surface area contributed by atoms with E-state index in [1.54, 1.807) is 0 Å². The van der Waals surface area contributed by atoms with Crippen molar-refractivity contribution in [3.8, 4) is 5.75 Å². The van der Waals surface area contributed by atoms with E-state index in [4.69, 9.17) is 4.74 Å². The lowest BCUT2D eigenvalue weighted by molar-refractivity contribution is 0.310. The van der Waals surface area contributed by atoms with Crippen molar-refractivity contribution in [1.82, 2.24) is 0 Å². The van der Waals surface area contributed by atoms with E-state index >= 15 is 0 Å². The van der Waals surface area contributed by atoms with Gasteiger partial charge in [0.05, 0.1) is 5.69 Å². The molecule has 0 atom stereocenters. The van der Waals surface area contributed by atoms with Gasteiger partial charge in [-0.15, -0.1) is 0 Å². The van der Waals surface area contributed by atoms with Crippen LogP contribution in [0.3, 0.4) is 0 Å². The largest absolute Gasteiger partial charge is 0.487 e. The molecular weight excluding hydrogens is 270 g/mol. The van der Waals surface area contributed by atoms with Crippen molar-refractivity contribution in [2.24, 2.45) is 0 Å². The predicted octanol–water partition coefficient (Wildman–Crippen LogP) is 4.92. The quantitative estimate of drug-likeness (QED) is 0.663. The molecule has 1 aliphatic rings. The number of nitrogens with zero attached hydrogens (tertiary/aromatic N) is 1. The van der Waals surface area contributed by atoms with Crippen LogP contribution in [-0.4, -0.2) is 0 Å². The molecule has 0 N–H and O–H groups in total. The fourth-order valence-electron chi connectivity index (χ4n) is 2.92. The third-order valence-electron chi connectivity index (χ3n) is 4.01. The molecular formula is C20H17NO. The highest BCUT2D eigenvalue weighted by Crippen LogP contribution is 2.40. The molecule has 0 fully saturated rings. The average molecular weight is 287 g/mol. The molecule has 2 nitrogen and oxygen atoms in total. The lowest BCUT2D eigenvalue weighted by Crippen LogP contribution is -2.16. The zero-order chi connectivity index (χ0) is 14.8. The Kier molecular flexibility index (Phi) is 3.28. The summed E-state index contributed by atoms with van der Waals surface area (Å²) in [6.45, 7) is 1.44. The average Bonchev–Trinajstić information content (AvgIpc) is 2.74. The normalized spacial score (nSPS) is 12.8. The predicted molar refractivity (Wildman–Crippen MR) is 89.5 cm³/mol. The highest BCUT2D eigenvalue weighted by atomic mass is 16.5. The lowest BCUT2D eigenvalue weighted by Gasteiger charge is -2.25. The van der Waals surface area contributed by atoms with Crippen LogP contribution in [0, 0.1) is 0 Å². The molecule has 0 bridgehead atoms. The van der Waals surface area contributed by atoms with Gasteiger partial charge in [-0.1, -0.05) is 60.7 Å². The fourth-order valence-corrected chi connectivity index (χ4v) is 2.92. The molecule has 0 amide bonds. The molecule has 1 heterocycles. The van der Waals surface area contributed by atoms with Crippen LogP contribution < -0.4 is 9.64 Å². The topological polar surface area (TPSA) is 12.5 Å². The van der Waals surface area contributed by atoms with Crippen LogP contribution in [0.2, 0.25) is 0 Å². The third-order valence-corrected chi connectivity index (χ3v) is 4.01. The van der Waals surface area contributed by atoms with Crippen LogP contribution in [0.5, 0.6) is 5.75 Å². The number of ether oxygens (including phenoxy) is 1. The molecule has 4 rings (SSSR count). The Bertz CT molecular complexity index is 735. The first-order chi connectivity index (χ1) is 10.9. The second-order valence-corrected chi connectivity index (χ2v) is 5.46. The van der Waals surface area contributed by atoms with Gasteiger partial charge in [0, 0.05) is 17.8 Å². The van der Waals surface area contributed by atoms with Crippen LogP contribution in [0.4, 0.5) is 11.4 Å². The first-order valence-corrected chi connectivity index (χ1v) is 7.53. The molecule has 0 spiro atoms. The minimum atomic E-state index is 0.610. The number of fused-ring (bicyclic) bond motifs is 2. The van der Waals surface area contributed by atoms with E-state index in [0.29, 0.717) is 6.61 Å². The number of para-hydroxylation sites is 3. The van der Waals surface area contributed by atoms with Crippen LogP contribution in [0.1, 0.15) is 11.1 Å². The summed E-state index contributed by atoms with van der Waals surface area (Å²) in [5, 5.41) is 0. The molecule has 3 aromatic carbocycles. The molecule has 0 saturated carbocycles. The molecule has 1 aliphatic heterocycles. The van der Waals surface area contributed by atoms with Gasteiger partial charge in [0.25, 0.3) is 0 Å². The molecule has 108 valence electrons. The van der Waals surface area contributed by atoms with Crippen molar-refractivity contribution >= 4 is 11.4 Å². The van der Waals surface area contributed by atoms with E-state index in [-0.39, 0.29) is 0 Å². The van der Waals surface area contributed by atoms with Crippen LogP contribution >= 0.6 is 0 Å². The maximum Gasteiger partial charge on any atom is 0.143 e. The van der Waals surface area contributed by atoms with Gasteiger partial charge in [0.1, 0.15) is 12.4 Å². The zero-order valence-corrected chi connectivity index (χ0v) is 12.3. The Morgan fingerprint density at radius 1 is 0.727 bits per heavy atom. The Morgan fingerprint density at radius 2 is 1.41 bits per heavy atom. The van der Waals surface area contributed by atoms with Crippen molar-refractivity contribution < 1.29 is 4.74 Å². The molecule has 0 aliphatic carbocycles. The SMILES string of the molecule is c1ccc(CN2c3ccccc3COc3ccccc32)cc1. The summed E-state index contributed by atoms with van der Waals surface area (Å²) in [4.78, 5) is 2.34. The van der Waals surface area contributed by atoms with Crippen LogP contribution in [0.25, 0.3) is 0 Å². The highest BCUT2D eigenvalue weighted by Gasteiger charge is 2.21. The third kappa shape index (κ3) is 2.33. The summed E-state index contributed by atoms with van der Waals surface area (Å²) < 4.78 is 6.00. The number of hydrogen-bond acceptors (Lipinski definition) is 2. The fraction of sp³-hybridized carbons (Fsp3) is 0.100. The van der Waals surface area contributed by atoms with Crippen molar-refractivity contribution in [1.29, 1.82) is 0 Å². The maximum absolute atomic E-state index is 6.00. The van der Waals surface area contributed by atoms with E-state index in [0.717, 1.165) is 18.0 Å². The van der Waals surface area contributed by atoms with Gasteiger partial charge >= 0.3 is 0 Å². The van der Waals surface area contributed by atoms with Gasteiger partial charge in [-0.25, -0.2) is 0 Å². The Morgan fingerprint density at radius 3 is 2.27 bits per heavy atom. The van der Waals surface area contributed by atoms with E-state index in [9.17, 15) is 0 Å². The summed E-state index contributed by atoms with van der Waals surface area (Å²) >= 11 is 0. The molecule has 22 heavy (non-hydrogen) atoms. The second-order valence-electron chi connectivity index (χ2n) is 5.46. The number of benzene rings is 3. The molecule has 0 aromatic heterocycles. The number of rotatable bonds is 2. The van der Waals surface area contributed by atoms with Gasteiger partial charge < -0.3 is 9.64 Å². The van der Waals surface area contributed by atoms with Gasteiger partial charge in [-0.05, 0) is 23.8 Å². The molecule has 3 aromatic rings. The first kappa shape index (κ1) is 13.0. The zero-order valence-electron chi connectivity index (χ0n) is 12.3. The summed E-state index contributed by atoms with van der Waals surface area (Å²) in [7, 11) is 0. The van der Waals surface area contributed by atoms with Crippen LogP contribution in [-0.2, 0) is 13.2 Å². The van der Waals surface area contributed by atoms with E-state index in [2.05, 4.69) is 71.6 Å². The van der Waals surface area contributed by atoms with Crippen LogP contribution in [0.15, 0.2) is 78.9 Å². The molecule has 2 heteroatoms. The summed E-state index contributed by atoms with van der Waals surface area (Å²) in [5.74, 6) is 0.939. The Hall–Kier alpha value is -2.74. The van der Waals surface area contributed by atoms with Crippen molar-refractivity contribution in [2.75, 3.05) is 4.90 Å². The molecule has 0 unspecified atom stereocenters. The highest BCUT2D eigenvalue weighted by molar-refractivity contribution is 5.72. The summed E-state index contributed by atoms with van der Waals surface area (Å²) in [6, 6.07) is 27.3. The van der Waals surface area contributed by atoms with Gasteiger partial charge in [-0.2, -0.15) is 0 Å². The summed E-state index contributed by atoms with van der Waals surface area (Å²) in [6.07, 6.45) is 0. The van der Waals surface area contributed by atoms with Crippen molar-refractivity contribution in [2.45, 2.75) is 13.2 Å². The van der Waals surface area contributed by atoms with E-state index in [1.807, 2.05) is 12.1 Å². The second kappa shape index (κ2) is 5.57. The summed E-state index contributed by atoms with van der Waals surface area (Å²) in [5.41, 5.74) is 4.84. The molecule has 0 saturated heterocycles. The van der Waals surface area contributed by atoms with Gasteiger partial charge in [0.2, 0.25) is 0 Å². The Labute approximate surface area is 130 Å². The van der Waals surface area contributed by atoms with Gasteiger partial charge in [0.15, 0.2) is 0 Å². The van der Waals surface area contributed by atoms with Crippen molar-refractivity contribution in [3.05, 3.63) is 90.0 Å². The Balaban J connectivity index is 1.84. The first-order valence-electron chi connectivity index (χ1n) is 7.53. The van der Waals surface area contributed by atoms with Gasteiger partial charge in [-0.3, -0.25) is 0 Å². The van der Waals surface area contributed by atoms with E-state index in [1.165, 1.54) is 16.8 Å². The lowest BCUT2D eigenvalue weighted by atomic mass is 10.1. The minimum Gasteiger partial charge on any atom is -0.487 e. The smallest absolute Gasteiger partial charge is 0.143 e. The standard InChI is InChI=1S/C20H17NO/c1-2-8-16(9-3-1)14-21-18-11-5-4-10-17(18)15-22-20-13-7-6-12-19(20)21/h1-13H,14-15H2. The van der Waals surface area contributed by atoms with Crippen molar-refractivity contribution in [3.63, 3.8) is 0 Å². The number of anilines is 2. The number of hydrogen-bond donors (Lipinski definition) is 0. The maximum atomic E-state index is 6.00. The van der Waals surface area contributed by atoms with E-state index < -0.39 is 0 Å². The monoisotopic (exact) mass is 287 g/mol. The molecule has 0 radical (unpaired) electrons. The minimum absolute atomic E-state index is 0.610.